The molecule has 1 amide bonds. The van der Waals surface area contributed by atoms with E-state index in [0.29, 0.717) is 6.54 Å². The summed E-state index contributed by atoms with van der Waals surface area (Å²) in [6, 6.07) is 7.71. The van der Waals surface area contributed by atoms with Gasteiger partial charge in [-0.05, 0) is 29.9 Å². The lowest BCUT2D eigenvalue weighted by Gasteiger charge is -2.30. The number of carbonyl (C=O) groups excluding carboxylic acids is 1. The van der Waals surface area contributed by atoms with Crippen molar-refractivity contribution in [2.24, 2.45) is 11.7 Å². The van der Waals surface area contributed by atoms with Crippen molar-refractivity contribution in [1.82, 2.24) is 10.2 Å². The van der Waals surface area contributed by atoms with Gasteiger partial charge in [0, 0.05) is 26.2 Å². The lowest BCUT2D eigenvalue weighted by Crippen LogP contribution is -2.43. The van der Waals surface area contributed by atoms with Gasteiger partial charge in [-0.3, -0.25) is 9.69 Å². The Morgan fingerprint density at radius 2 is 1.91 bits per heavy atom. The molecule has 1 saturated heterocycles. The molecule has 0 saturated carbocycles. The second-order valence-corrected chi connectivity index (χ2v) is 6.76. The molecule has 1 aromatic carbocycles. The van der Waals surface area contributed by atoms with Crippen LogP contribution in [0.1, 0.15) is 37.8 Å². The van der Waals surface area contributed by atoms with Crippen molar-refractivity contribution >= 4 is 5.91 Å². The van der Waals surface area contributed by atoms with Crippen molar-refractivity contribution in [2.45, 2.75) is 51.9 Å². The molecule has 0 aliphatic carbocycles. The van der Waals surface area contributed by atoms with Gasteiger partial charge < -0.3 is 16.2 Å². The van der Waals surface area contributed by atoms with Crippen molar-refractivity contribution in [2.75, 3.05) is 13.1 Å². The van der Waals surface area contributed by atoms with E-state index in [0.717, 1.165) is 38.0 Å². The van der Waals surface area contributed by atoms with Gasteiger partial charge in [-0.2, -0.15) is 0 Å². The zero-order valence-electron chi connectivity index (χ0n) is 14.2. The van der Waals surface area contributed by atoms with Gasteiger partial charge in [0.05, 0.1) is 12.1 Å². The van der Waals surface area contributed by atoms with Crippen LogP contribution in [-0.4, -0.2) is 41.1 Å². The Morgan fingerprint density at radius 3 is 2.52 bits per heavy atom. The Balaban J connectivity index is 1.93. The second kappa shape index (κ2) is 8.43. The van der Waals surface area contributed by atoms with Gasteiger partial charge in [-0.25, -0.2) is 0 Å². The van der Waals surface area contributed by atoms with Crippen LogP contribution in [0.4, 0.5) is 0 Å². The van der Waals surface area contributed by atoms with Gasteiger partial charge >= 0.3 is 0 Å². The second-order valence-electron chi connectivity index (χ2n) is 6.76. The molecule has 2 rings (SSSR count). The number of hydrogen-bond acceptors (Lipinski definition) is 4. The van der Waals surface area contributed by atoms with Gasteiger partial charge in [-0.1, -0.05) is 38.1 Å². The third-order valence-corrected chi connectivity index (χ3v) is 4.54. The first kappa shape index (κ1) is 17.9. The van der Waals surface area contributed by atoms with Crippen LogP contribution in [0.3, 0.4) is 0 Å². The molecule has 1 fully saturated rings. The third-order valence-electron chi connectivity index (χ3n) is 4.54. The fraction of sp³-hybridized carbons (Fsp3) is 0.611. The van der Waals surface area contributed by atoms with Gasteiger partial charge in [0.1, 0.15) is 0 Å². The van der Waals surface area contributed by atoms with Crippen LogP contribution in [0.5, 0.6) is 0 Å². The number of nitrogens with two attached hydrogens (primary N) is 1. The highest BCUT2D eigenvalue weighted by molar-refractivity contribution is 5.81. The van der Waals surface area contributed by atoms with Crippen molar-refractivity contribution in [1.29, 1.82) is 0 Å². The maximum Gasteiger partial charge on any atom is 0.237 e. The molecular weight excluding hydrogens is 290 g/mol. The summed E-state index contributed by atoms with van der Waals surface area (Å²) in [6.45, 7) is 7.09. The molecule has 4 N–H and O–H groups in total. The van der Waals surface area contributed by atoms with E-state index in [9.17, 15) is 9.90 Å². The maximum atomic E-state index is 12.0. The molecule has 0 radical (unpaired) electrons. The normalized spacial score (nSPS) is 18.1. The van der Waals surface area contributed by atoms with Gasteiger partial charge in [-0.15, -0.1) is 0 Å². The first-order valence-corrected chi connectivity index (χ1v) is 8.48. The van der Waals surface area contributed by atoms with Crippen LogP contribution in [0, 0.1) is 5.92 Å². The number of amides is 1. The largest absolute Gasteiger partial charge is 0.393 e. The summed E-state index contributed by atoms with van der Waals surface area (Å²) in [5, 5.41) is 12.5. The van der Waals surface area contributed by atoms with Crippen LogP contribution in [0.2, 0.25) is 0 Å². The highest BCUT2D eigenvalue weighted by Crippen LogP contribution is 2.16. The molecule has 0 unspecified atom stereocenters. The number of rotatable bonds is 6. The van der Waals surface area contributed by atoms with Gasteiger partial charge in [0.15, 0.2) is 0 Å². The fourth-order valence-corrected chi connectivity index (χ4v) is 2.81. The Morgan fingerprint density at radius 1 is 1.30 bits per heavy atom. The van der Waals surface area contributed by atoms with Crippen molar-refractivity contribution in [3.63, 3.8) is 0 Å². The molecule has 5 nitrogen and oxygen atoms in total. The predicted octanol–water partition coefficient (Wildman–Crippen LogP) is 1.24. The zero-order valence-corrected chi connectivity index (χ0v) is 14.2. The molecular formula is C18H29N3O2. The number of carbonyl (C=O) groups is 1. The average molecular weight is 319 g/mol. The average Bonchev–Trinajstić information content (AvgIpc) is 2.55. The molecule has 0 bridgehead atoms. The third kappa shape index (κ3) is 5.30. The van der Waals surface area contributed by atoms with Crippen LogP contribution in [-0.2, 0) is 17.9 Å². The van der Waals surface area contributed by atoms with Crippen LogP contribution in [0.25, 0.3) is 0 Å². The lowest BCUT2D eigenvalue weighted by atomic mass is 10.0. The van der Waals surface area contributed by atoms with E-state index < -0.39 is 6.04 Å². The van der Waals surface area contributed by atoms with Crippen molar-refractivity contribution < 1.29 is 9.90 Å². The fourth-order valence-electron chi connectivity index (χ4n) is 2.81. The summed E-state index contributed by atoms with van der Waals surface area (Å²) < 4.78 is 0. The Labute approximate surface area is 138 Å². The van der Waals surface area contributed by atoms with E-state index in [1.54, 1.807) is 0 Å². The Kier molecular flexibility index (Phi) is 6.57. The van der Waals surface area contributed by atoms with Crippen LogP contribution in [0.15, 0.2) is 24.3 Å². The van der Waals surface area contributed by atoms with E-state index >= 15 is 0 Å². The summed E-state index contributed by atoms with van der Waals surface area (Å²) in [5.74, 6) is 0.0286. The molecule has 128 valence electrons. The number of benzene rings is 1. The highest BCUT2D eigenvalue weighted by atomic mass is 16.3. The number of aliphatic hydroxyl groups is 1. The summed E-state index contributed by atoms with van der Waals surface area (Å²) in [4.78, 5) is 14.4. The molecule has 1 aliphatic heterocycles. The minimum absolute atomic E-state index is 0.101. The van der Waals surface area contributed by atoms with E-state index in [4.69, 9.17) is 5.73 Å². The molecule has 23 heavy (non-hydrogen) atoms. The summed E-state index contributed by atoms with van der Waals surface area (Å²) in [7, 11) is 0. The van der Waals surface area contributed by atoms with E-state index in [2.05, 4.69) is 22.3 Å². The summed E-state index contributed by atoms with van der Waals surface area (Å²) in [6.07, 6.45) is 1.52. The number of hydrogen-bond donors (Lipinski definition) is 3. The maximum absolute atomic E-state index is 12.0. The van der Waals surface area contributed by atoms with E-state index in [1.165, 1.54) is 5.56 Å². The summed E-state index contributed by atoms with van der Waals surface area (Å²) in [5.41, 5.74) is 8.23. The molecule has 1 atom stereocenters. The first-order valence-electron chi connectivity index (χ1n) is 8.48. The Hall–Kier alpha value is -1.43. The van der Waals surface area contributed by atoms with E-state index in [1.807, 2.05) is 26.0 Å². The van der Waals surface area contributed by atoms with Gasteiger partial charge in [0.2, 0.25) is 5.91 Å². The SMILES string of the molecule is CC(C)[C@H](N)C(=O)NCc1ccccc1CN1CCC(O)CC1. The minimum Gasteiger partial charge on any atom is -0.393 e. The van der Waals surface area contributed by atoms with Crippen molar-refractivity contribution in [3.05, 3.63) is 35.4 Å². The Bertz CT molecular complexity index is 511. The number of likely N-dealkylation sites (tertiary alicyclic amines) is 1. The molecule has 1 heterocycles. The lowest BCUT2D eigenvalue weighted by molar-refractivity contribution is -0.123. The standard InChI is InChI=1S/C18H29N3O2/c1-13(2)17(19)18(23)20-11-14-5-3-4-6-15(14)12-21-9-7-16(22)8-10-21/h3-6,13,16-17,22H,7-12,19H2,1-2H3,(H,20,23)/t17-/m0/s1. The molecule has 0 aromatic heterocycles. The monoisotopic (exact) mass is 319 g/mol. The molecule has 0 spiro atoms. The first-order chi connectivity index (χ1) is 11.0. The van der Waals surface area contributed by atoms with E-state index in [-0.39, 0.29) is 17.9 Å². The number of nitrogens with zero attached hydrogens (tertiary/aromatic N) is 1. The number of aliphatic hydroxyl groups excluding tert-OH is 1. The topological polar surface area (TPSA) is 78.6 Å². The van der Waals surface area contributed by atoms with Gasteiger partial charge in [0.25, 0.3) is 0 Å². The minimum atomic E-state index is -0.467. The molecule has 1 aliphatic rings. The predicted molar refractivity (Wildman–Crippen MR) is 91.6 cm³/mol. The summed E-state index contributed by atoms with van der Waals surface area (Å²) >= 11 is 0. The van der Waals surface area contributed by atoms with Crippen LogP contribution < -0.4 is 11.1 Å². The molecule has 5 heteroatoms. The number of piperidine rings is 1. The van der Waals surface area contributed by atoms with Crippen molar-refractivity contribution in [3.8, 4) is 0 Å². The number of nitrogens with one attached hydrogen (secondary N) is 1. The molecule has 1 aromatic rings. The highest BCUT2D eigenvalue weighted by Gasteiger charge is 2.19. The smallest absolute Gasteiger partial charge is 0.237 e. The van der Waals surface area contributed by atoms with Crippen LogP contribution >= 0.6 is 0 Å². The zero-order chi connectivity index (χ0) is 16.8. The quantitative estimate of drug-likeness (QED) is 0.737.